The molecule has 0 aliphatic carbocycles. The molecule has 0 aliphatic rings. The Kier molecular flexibility index (Phi) is 10.7. The molecule has 3 aromatic rings. The van der Waals surface area contributed by atoms with Gasteiger partial charge in [0.2, 0.25) is 5.91 Å². The Hall–Kier alpha value is -3.68. The molecular formula is C25H37ClN9O4+. The van der Waals surface area contributed by atoms with Crippen molar-refractivity contribution in [3.8, 4) is 5.75 Å². The summed E-state index contributed by atoms with van der Waals surface area (Å²) in [7, 11) is 3.50. The number of likely N-dealkylation sites (N-methyl/N-ethyl adjacent to an activating group) is 1. The highest BCUT2D eigenvalue weighted by atomic mass is 35.5. The predicted octanol–water partition coefficient (Wildman–Crippen LogP) is 0.580. The van der Waals surface area contributed by atoms with Crippen LogP contribution in [0.4, 0.5) is 11.6 Å². The second-order valence-corrected chi connectivity index (χ2v) is 9.16. The normalized spacial score (nSPS) is 11.2. The highest BCUT2D eigenvalue weighted by Crippen LogP contribution is 2.22. The van der Waals surface area contributed by atoms with Gasteiger partial charge in [-0.15, -0.1) is 0 Å². The first-order chi connectivity index (χ1) is 18.7. The lowest BCUT2D eigenvalue weighted by molar-refractivity contribution is -0.676. The zero-order valence-corrected chi connectivity index (χ0v) is 23.5. The van der Waals surface area contributed by atoms with Gasteiger partial charge in [-0.2, -0.15) is 0 Å². The van der Waals surface area contributed by atoms with Crippen LogP contribution >= 0.6 is 11.6 Å². The maximum absolute atomic E-state index is 12.8. The number of benzene rings is 1. The van der Waals surface area contributed by atoms with Gasteiger partial charge < -0.3 is 31.6 Å². The van der Waals surface area contributed by atoms with Gasteiger partial charge in [0.05, 0.1) is 32.8 Å². The van der Waals surface area contributed by atoms with Crippen LogP contribution in [0.5, 0.6) is 5.75 Å². The number of nitrogens with zero attached hydrogens (tertiary/aromatic N) is 5. The van der Waals surface area contributed by atoms with Gasteiger partial charge in [0.15, 0.2) is 33.5 Å². The molecule has 0 radical (unpaired) electrons. The number of nitrogens with two attached hydrogens (primary N) is 2. The average Bonchev–Trinajstić information content (AvgIpc) is 3.22. The van der Waals surface area contributed by atoms with Gasteiger partial charge in [-0.05, 0) is 33.0 Å². The minimum absolute atomic E-state index is 0.0356. The van der Waals surface area contributed by atoms with Gasteiger partial charge in [-0.3, -0.25) is 14.5 Å². The molecule has 6 N–H and O–H groups in total. The standard InChI is InChI=1S/C25H36ClN9O4/c1-5-34-17-8-7-16(39-11-9-29-19(36)15-33(3)10-12-38-4)13-18(17)35(6-2)20(34)14-30-25(37)21-23(27)32-24(28)22(26)31-21/h7-8,13H,5-6,9-12,14-15H2,1-4H3,(H5-,27,28,29,30,32,36,37)/p+1. The van der Waals surface area contributed by atoms with E-state index in [1.54, 1.807) is 7.11 Å². The summed E-state index contributed by atoms with van der Waals surface area (Å²) in [5, 5.41) is 5.64. The van der Waals surface area contributed by atoms with Crippen LogP contribution in [0.1, 0.15) is 30.2 Å². The number of ether oxygens (including phenoxy) is 2. The molecule has 0 spiro atoms. The Morgan fingerprint density at radius 1 is 1.15 bits per heavy atom. The molecule has 212 valence electrons. The second kappa shape index (κ2) is 13.9. The number of carbonyl (C=O) groups is 2. The number of methoxy groups -OCH3 is 1. The van der Waals surface area contributed by atoms with E-state index in [-0.39, 0.29) is 34.9 Å². The number of nitrogen functional groups attached to an aromatic ring is 2. The predicted molar refractivity (Wildman–Crippen MR) is 148 cm³/mol. The summed E-state index contributed by atoms with van der Waals surface area (Å²) in [5.41, 5.74) is 13.3. The highest BCUT2D eigenvalue weighted by molar-refractivity contribution is 6.31. The van der Waals surface area contributed by atoms with E-state index < -0.39 is 5.91 Å². The fourth-order valence-electron chi connectivity index (χ4n) is 4.20. The maximum Gasteiger partial charge on any atom is 0.277 e. The molecule has 0 saturated carbocycles. The molecule has 2 heterocycles. The number of amides is 2. The van der Waals surface area contributed by atoms with Crippen LogP contribution < -0.4 is 31.4 Å². The molecule has 0 atom stereocenters. The number of halogens is 1. The Morgan fingerprint density at radius 3 is 2.62 bits per heavy atom. The van der Waals surface area contributed by atoms with Crippen molar-refractivity contribution >= 4 is 46.1 Å². The van der Waals surface area contributed by atoms with Crippen LogP contribution in [0.15, 0.2) is 18.2 Å². The van der Waals surface area contributed by atoms with E-state index in [0.717, 1.165) is 16.9 Å². The molecule has 0 fully saturated rings. The molecule has 1 aromatic carbocycles. The second-order valence-electron chi connectivity index (χ2n) is 8.80. The van der Waals surface area contributed by atoms with Crippen LogP contribution in [0.3, 0.4) is 0 Å². The van der Waals surface area contributed by atoms with E-state index in [2.05, 4.69) is 29.7 Å². The minimum atomic E-state index is -0.506. The molecule has 0 unspecified atom stereocenters. The molecule has 0 aliphatic heterocycles. The Labute approximate surface area is 232 Å². The summed E-state index contributed by atoms with van der Waals surface area (Å²) in [6.45, 7) is 7.90. The number of anilines is 2. The molecule has 14 heteroatoms. The fourth-order valence-corrected chi connectivity index (χ4v) is 4.32. The first kappa shape index (κ1) is 29.9. The van der Waals surface area contributed by atoms with Gasteiger partial charge in [0, 0.05) is 19.7 Å². The van der Waals surface area contributed by atoms with Crippen molar-refractivity contribution in [2.24, 2.45) is 0 Å². The average molecular weight is 563 g/mol. The Bertz CT molecular complexity index is 1310. The molecule has 2 amide bonds. The van der Waals surface area contributed by atoms with Gasteiger partial charge in [0.25, 0.3) is 11.7 Å². The Morgan fingerprint density at radius 2 is 1.92 bits per heavy atom. The zero-order valence-electron chi connectivity index (χ0n) is 22.8. The smallest absolute Gasteiger partial charge is 0.277 e. The van der Waals surface area contributed by atoms with Crippen LogP contribution in [-0.4, -0.2) is 78.3 Å². The van der Waals surface area contributed by atoms with Crippen molar-refractivity contribution in [2.45, 2.75) is 33.5 Å². The first-order valence-electron chi connectivity index (χ1n) is 12.7. The molecule has 0 bridgehead atoms. The lowest BCUT2D eigenvalue weighted by Gasteiger charge is -2.15. The number of hydrogen-bond acceptors (Lipinski definition) is 9. The van der Waals surface area contributed by atoms with E-state index >= 15 is 0 Å². The number of nitrogens with one attached hydrogen (secondary N) is 2. The number of rotatable bonds is 14. The van der Waals surface area contributed by atoms with Crippen molar-refractivity contribution in [3.63, 3.8) is 0 Å². The number of aryl methyl sites for hydroxylation is 2. The van der Waals surface area contributed by atoms with Gasteiger partial charge in [-0.1, -0.05) is 11.6 Å². The van der Waals surface area contributed by atoms with Crippen LogP contribution in [0, 0.1) is 0 Å². The highest BCUT2D eigenvalue weighted by Gasteiger charge is 2.25. The number of fused-ring (bicyclic) bond motifs is 1. The van der Waals surface area contributed by atoms with Gasteiger partial charge in [0.1, 0.15) is 18.9 Å². The number of imidazole rings is 1. The van der Waals surface area contributed by atoms with Crippen molar-refractivity contribution in [1.29, 1.82) is 0 Å². The maximum atomic E-state index is 12.8. The quantitative estimate of drug-likeness (QED) is 0.162. The molecule has 39 heavy (non-hydrogen) atoms. The lowest BCUT2D eigenvalue weighted by atomic mass is 10.3. The summed E-state index contributed by atoms with van der Waals surface area (Å²) in [6, 6.07) is 5.84. The zero-order chi connectivity index (χ0) is 28.5. The summed E-state index contributed by atoms with van der Waals surface area (Å²) < 4.78 is 15.2. The molecule has 0 saturated heterocycles. The largest absolute Gasteiger partial charge is 0.492 e. The topological polar surface area (TPSA) is 167 Å². The molecule has 3 rings (SSSR count). The van der Waals surface area contributed by atoms with E-state index in [1.165, 1.54) is 0 Å². The summed E-state index contributed by atoms with van der Waals surface area (Å²) in [6.07, 6.45) is 0. The summed E-state index contributed by atoms with van der Waals surface area (Å²) in [5.74, 6) is 0.861. The number of hydrogen-bond donors (Lipinski definition) is 4. The summed E-state index contributed by atoms with van der Waals surface area (Å²) in [4.78, 5) is 34.6. The van der Waals surface area contributed by atoms with Crippen molar-refractivity contribution in [2.75, 3.05) is 58.5 Å². The minimum Gasteiger partial charge on any atom is -0.492 e. The van der Waals surface area contributed by atoms with E-state index in [9.17, 15) is 9.59 Å². The SMILES string of the molecule is CCn1c(CNC(=O)c2nc(Cl)c(N)nc2N)[n+](CC)c2ccc(OCCNC(=O)CN(C)CCOC)cc21. The Balaban J connectivity index is 1.68. The van der Waals surface area contributed by atoms with Crippen molar-refractivity contribution < 1.29 is 23.6 Å². The van der Waals surface area contributed by atoms with Crippen LogP contribution in [-0.2, 0) is 29.2 Å². The van der Waals surface area contributed by atoms with Gasteiger partial charge in [-0.25, -0.2) is 19.1 Å². The van der Waals surface area contributed by atoms with E-state index in [1.807, 2.05) is 44.0 Å². The molecular weight excluding hydrogens is 526 g/mol. The monoisotopic (exact) mass is 562 g/mol. The lowest BCUT2D eigenvalue weighted by Crippen LogP contribution is -2.40. The third-order valence-corrected chi connectivity index (χ3v) is 6.37. The van der Waals surface area contributed by atoms with E-state index in [4.69, 9.17) is 32.5 Å². The third-order valence-electron chi connectivity index (χ3n) is 6.09. The van der Waals surface area contributed by atoms with Crippen molar-refractivity contribution in [3.05, 3.63) is 34.9 Å². The van der Waals surface area contributed by atoms with Crippen LogP contribution in [0.25, 0.3) is 11.0 Å². The number of aromatic nitrogens is 4. The molecule has 13 nitrogen and oxygen atoms in total. The summed E-state index contributed by atoms with van der Waals surface area (Å²) >= 11 is 5.93. The van der Waals surface area contributed by atoms with Crippen LogP contribution in [0.2, 0.25) is 5.15 Å². The third kappa shape index (κ3) is 7.46. The first-order valence-corrected chi connectivity index (χ1v) is 13.1. The fraction of sp³-hybridized carbons (Fsp3) is 0.480. The number of carbonyl (C=O) groups excluding carboxylic acids is 2. The van der Waals surface area contributed by atoms with Gasteiger partial charge >= 0.3 is 0 Å². The molecule has 2 aromatic heterocycles. The van der Waals surface area contributed by atoms with Crippen molar-refractivity contribution in [1.82, 2.24) is 30.1 Å². The van der Waals surface area contributed by atoms with E-state index in [0.29, 0.717) is 51.7 Å².